The molecule has 0 saturated heterocycles. The van der Waals surface area contributed by atoms with Gasteiger partial charge in [0.25, 0.3) is 0 Å². The monoisotopic (exact) mass is 302 g/mol. The number of nitrogens with zero attached hydrogens (tertiary/aromatic N) is 1. The van der Waals surface area contributed by atoms with Gasteiger partial charge in [0, 0.05) is 23.3 Å². The van der Waals surface area contributed by atoms with Crippen molar-refractivity contribution in [2.45, 2.75) is 13.0 Å². The molecule has 0 saturated carbocycles. The first-order valence-corrected chi connectivity index (χ1v) is 6.84. The van der Waals surface area contributed by atoms with Gasteiger partial charge < -0.3 is 9.47 Å². The van der Waals surface area contributed by atoms with Crippen molar-refractivity contribution in [1.82, 2.24) is 5.43 Å². The topological polar surface area (TPSA) is 77.5 Å². The Balaban J connectivity index is 2.20. The van der Waals surface area contributed by atoms with Crippen molar-refractivity contribution in [1.29, 1.82) is 0 Å². The largest absolute Gasteiger partial charge is 0.497 e. The zero-order valence-electron chi connectivity index (χ0n) is 12.7. The van der Waals surface area contributed by atoms with Gasteiger partial charge >= 0.3 is 0 Å². The summed E-state index contributed by atoms with van der Waals surface area (Å²) in [5, 5.41) is 0. The number of aromatic nitrogens is 1. The standard InChI is InChI=1S/C16H19N3O3/c1-21-14-6-13(7-15(9-14)22-2)11-19-5-3-4-12(10-19)8-16(20)18-17/h3-7,9-10H,8,11,17H2,1-2H3/p+1. The molecule has 0 aliphatic heterocycles. The van der Waals surface area contributed by atoms with E-state index in [2.05, 4.69) is 5.43 Å². The first-order valence-electron chi connectivity index (χ1n) is 6.84. The number of hydrogen-bond acceptors (Lipinski definition) is 4. The van der Waals surface area contributed by atoms with Gasteiger partial charge in [0.15, 0.2) is 18.9 Å². The average Bonchev–Trinajstić information content (AvgIpc) is 2.54. The van der Waals surface area contributed by atoms with Crippen LogP contribution in [0.3, 0.4) is 0 Å². The predicted octanol–water partition coefficient (Wildman–Crippen LogP) is 0.572. The Bertz CT molecular complexity index is 637. The van der Waals surface area contributed by atoms with Crippen molar-refractivity contribution >= 4 is 5.91 Å². The number of hydrazine groups is 1. The van der Waals surface area contributed by atoms with Crippen molar-refractivity contribution in [3.05, 3.63) is 53.9 Å². The van der Waals surface area contributed by atoms with Crippen molar-refractivity contribution in [2.24, 2.45) is 5.84 Å². The number of benzene rings is 1. The van der Waals surface area contributed by atoms with E-state index in [0.29, 0.717) is 6.54 Å². The maximum atomic E-state index is 11.3. The summed E-state index contributed by atoms with van der Waals surface area (Å²) < 4.78 is 12.5. The number of pyridine rings is 1. The number of rotatable bonds is 6. The number of carbonyl (C=O) groups is 1. The molecule has 0 atom stereocenters. The molecule has 0 aliphatic carbocycles. The molecule has 2 aromatic rings. The molecule has 1 amide bonds. The van der Waals surface area contributed by atoms with Crippen LogP contribution >= 0.6 is 0 Å². The Morgan fingerprint density at radius 2 is 1.86 bits per heavy atom. The molecule has 0 spiro atoms. The van der Waals surface area contributed by atoms with Gasteiger partial charge in [0.05, 0.1) is 20.6 Å². The van der Waals surface area contributed by atoms with E-state index in [9.17, 15) is 4.79 Å². The SMILES string of the molecule is COc1cc(C[n+]2cccc(CC(=O)NN)c2)cc(OC)c1. The molecule has 6 heteroatoms. The summed E-state index contributed by atoms with van der Waals surface area (Å²) in [6, 6.07) is 9.52. The Morgan fingerprint density at radius 1 is 1.18 bits per heavy atom. The zero-order chi connectivity index (χ0) is 15.9. The van der Waals surface area contributed by atoms with Gasteiger partial charge in [-0.15, -0.1) is 0 Å². The summed E-state index contributed by atoms with van der Waals surface area (Å²) in [5.41, 5.74) is 4.06. The highest BCUT2D eigenvalue weighted by Gasteiger charge is 2.10. The van der Waals surface area contributed by atoms with E-state index in [0.717, 1.165) is 22.6 Å². The average molecular weight is 302 g/mol. The Labute approximate surface area is 129 Å². The second-order valence-electron chi connectivity index (χ2n) is 4.85. The van der Waals surface area contributed by atoms with Gasteiger partial charge in [-0.25, -0.2) is 10.4 Å². The lowest BCUT2D eigenvalue weighted by atomic mass is 10.1. The van der Waals surface area contributed by atoms with Gasteiger partial charge in [0.1, 0.15) is 11.5 Å². The minimum absolute atomic E-state index is 0.221. The van der Waals surface area contributed by atoms with Crippen LogP contribution in [-0.4, -0.2) is 20.1 Å². The molecule has 0 fully saturated rings. The maximum Gasteiger partial charge on any atom is 0.238 e. The molecule has 1 heterocycles. The summed E-state index contributed by atoms with van der Waals surface area (Å²) in [5.74, 6) is 6.38. The van der Waals surface area contributed by atoms with Gasteiger partial charge in [-0.05, 0) is 18.2 Å². The molecule has 0 bridgehead atoms. The Morgan fingerprint density at radius 3 is 2.45 bits per heavy atom. The van der Waals surface area contributed by atoms with Gasteiger partial charge in [-0.3, -0.25) is 10.2 Å². The van der Waals surface area contributed by atoms with Crippen LogP contribution in [0, 0.1) is 0 Å². The summed E-state index contributed by atoms with van der Waals surface area (Å²) in [7, 11) is 3.25. The fraction of sp³-hybridized carbons (Fsp3) is 0.250. The van der Waals surface area contributed by atoms with E-state index in [1.807, 2.05) is 47.3 Å². The van der Waals surface area contributed by atoms with Crippen LogP contribution in [0.2, 0.25) is 0 Å². The molecular formula is C16H20N3O3+. The number of ether oxygens (including phenoxy) is 2. The highest BCUT2D eigenvalue weighted by Crippen LogP contribution is 2.22. The molecule has 0 unspecified atom stereocenters. The third kappa shape index (κ3) is 4.20. The number of nitrogens with two attached hydrogens (primary N) is 1. The predicted molar refractivity (Wildman–Crippen MR) is 81.3 cm³/mol. The third-order valence-electron chi connectivity index (χ3n) is 3.22. The molecule has 22 heavy (non-hydrogen) atoms. The second-order valence-corrected chi connectivity index (χ2v) is 4.85. The van der Waals surface area contributed by atoms with Crippen LogP contribution in [-0.2, 0) is 17.8 Å². The molecule has 1 aromatic heterocycles. The number of methoxy groups -OCH3 is 2. The van der Waals surface area contributed by atoms with E-state index in [1.165, 1.54) is 0 Å². The van der Waals surface area contributed by atoms with Gasteiger partial charge in [0.2, 0.25) is 5.91 Å². The van der Waals surface area contributed by atoms with Gasteiger partial charge in [-0.1, -0.05) is 0 Å². The van der Waals surface area contributed by atoms with Crippen LogP contribution < -0.4 is 25.3 Å². The van der Waals surface area contributed by atoms with Crippen molar-refractivity contribution in [3.8, 4) is 11.5 Å². The fourth-order valence-electron chi connectivity index (χ4n) is 2.18. The lowest BCUT2D eigenvalue weighted by Gasteiger charge is -2.07. The summed E-state index contributed by atoms with van der Waals surface area (Å²) in [6.07, 6.45) is 4.11. The summed E-state index contributed by atoms with van der Waals surface area (Å²) in [4.78, 5) is 11.3. The number of nitrogens with one attached hydrogen (secondary N) is 1. The number of carbonyl (C=O) groups excluding carboxylic acids is 1. The molecule has 0 radical (unpaired) electrons. The summed E-state index contributed by atoms with van der Waals surface area (Å²) in [6.45, 7) is 0.644. The maximum absolute atomic E-state index is 11.3. The smallest absolute Gasteiger partial charge is 0.238 e. The molecule has 6 nitrogen and oxygen atoms in total. The molecule has 116 valence electrons. The van der Waals surface area contributed by atoms with E-state index < -0.39 is 0 Å². The lowest BCUT2D eigenvalue weighted by Crippen LogP contribution is -2.35. The quantitative estimate of drug-likeness (QED) is 0.354. The van der Waals surface area contributed by atoms with E-state index in [-0.39, 0.29) is 12.3 Å². The molecular weight excluding hydrogens is 282 g/mol. The molecule has 0 aliphatic rings. The Hall–Kier alpha value is -2.60. The van der Waals surface area contributed by atoms with Crippen molar-refractivity contribution in [3.63, 3.8) is 0 Å². The number of hydrogen-bond donors (Lipinski definition) is 2. The van der Waals surface area contributed by atoms with Crippen LogP contribution in [0.25, 0.3) is 0 Å². The van der Waals surface area contributed by atoms with Crippen molar-refractivity contribution < 1.29 is 18.8 Å². The van der Waals surface area contributed by atoms with Crippen LogP contribution in [0.4, 0.5) is 0 Å². The normalized spacial score (nSPS) is 10.1. The zero-order valence-corrected chi connectivity index (χ0v) is 12.7. The van der Waals surface area contributed by atoms with E-state index in [4.69, 9.17) is 15.3 Å². The minimum Gasteiger partial charge on any atom is -0.497 e. The number of amides is 1. The van der Waals surface area contributed by atoms with Crippen LogP contribution in [0.1, 0.15) is 11.1 Å². The van der Waals surface area contributed by atoms with Gasteiger partial charge in [-0.2, -0.15) is 0 Å². The highest BCUT2D eigenvalue weighted by molar-refractivity contribution is 5.77. The van der Waals surface area contributed by atoms with Crippen LogP contribution in [0.15, 0.2) is 42.7 Å². The second kappa shape index (κ2) is 7.42. The van der Waals surface area contributed by atoms with Crippen molar-refractivity contribution in [2.75, 3.05) is 14.2 Å². The first kappa shape index (κ1) is 15.8. The Kier molecular flexibility index (Phi) is 5.32. The van der Waals surface area contributed by atoms with Crippen LogP contribution in [0.5, 0.6) is 11.5 Å². The highest BCUT2D eigenvalue weighted by atomic mass is 16.5. The molecule has 1 aromatic carbocycles. The third-order valence-corrected chi connectivity index (χ3v) is 3.22. The molecule has 3 N–H and O–H groups in total. The van der Waals surface area contributed by atoms with E-state index in [1.54, 1.807) is 14.2 Å². The summed E-state index contributed by atoms with van der Waals surface area (Å²) >= 11 is 0. The lowest BCUT2D eigenvalue weighted by molar-refractivity contribution is -0.688. The molecule has 2 rings (SSSR count). The van der Waals surface area contributed by atoms with E-state index >= 15 is 0 Å². The minimum atomic E-state index is -0.221. The first-order chi connectivity index (χ1) is 10.6. The fourth-order valence-corrected chi connectivity index (χ4v) is 2.18.